The lowest BCUT2D eigenvalue weighted by Crippen LogP contribution is -2.43. The van der Waals surface area contributed by atoms with Crippen LogP contribution in [0.15, 0.2) is 24.3 Å². The van der Waals surface area contributed by atoms with Crippen molar-refractivity contribution < 1.29 is 14.3 Å². The van der Waals surface area contributed by atoms with Crippen LogP contribution in [-0.4, -0.2) is 44.2 Å². The number of rotatable bonds is 7. The van der Waals surface area contributed by atoms with E-state index in [2.05, 4.69) is 0 Å². The van der Waals surface area contributed by atoms with Crippen molar-refractivity contribution in [3.05, 3.63) is 29.8 Å². The largest absolute Gasteiger partial charge is 0.497 e. The molecule has 0 aliphatic heterocycles. The summed E-state index contributed by atoms with van der Waals surface area (Å²) in [6.07, 6.45) is -0.571. The fourth-order valence-corrected chi connectivity index (χ4v) is 1.80. The average molecular weight is 266 g/mol. The van der Waals surface area contributed by atoms with Gasteiger partial charge < -0.3 is 20.1 Å². The van der Waals surface area contributed by atoms with E-state index in [4.69, 9.17) is 15.2 Å². The number of carbonyl (C=O) groups is 1. The SMILES string of the molecule is CCN(Cc1ccc(OC)cc1)C(=O)C(CN)OC. The molecule has 0 aliphatic rings. The van der Waals surface area contributed by atoms with Crippen LogP contribution in [0.1, 0.15) is 12.5 Å². The number of hydrogen-bond acceptors (Lipinski definition) is 4. The van der Waals surface area contributed by atoms with Crippen molar-refractivity contribution in [2.45, 2.75) is 19.6 Å². The van der Waals surface area contributed by atoms with Crippen LogP contribution < -0.4 is 10.5 Å². The van der Waals surface area contributed by atoms with Gasteiger partial charge in [0.25, 0.3) is 5.91 Å². The Bertz CT molecular complexity index is 388. The Hall–Kier alpha value is -1.59. The molecule has 1 amide bonds. The zero-order valence-electron chi connectivity index (χ0n) is 11.8. The molecule has 5 heteroatoms. The molecule has 1 unspecified atom stereocenters. The van der Waals surface area contributed by atoms with E-state index in [0.717, 1.165) is 11.3 Å². The van der Waals surface area contributed by atoms with Crippen molar-refractivity contribution in [2.24, 2.45) is 5.73 Å². The minimum Gasteiger partial charge on any atom is -0.497 e. The Morgan fingerprint density at radius 2 is 1.95 bits per heavy atom. The van der Waals surface area contributed by atoms with Gasteiger partial charge in [-0.2, -0.15) is 0 Å². The molecular weight excluding hydrogens is 244 g/mol. The molecule has 1 aromatic rings. The number of amides is 1. The van der Waals surface area contributed by atoms with E-state index in [1.54, 1.807) is 12.0 Å². The van der Waals surface area contributed by atoms with Crippen molar-refractivity contribution in [3.8, 4) is 5.75 Å². The number of carbonyl (C=O) groups excluding carboxylic acids is 1. The van der Waals surface area contributed by atoms with Crippen molar-refractivity contribution in [1.29, 1.82) is 0 Å². The van der Waals surface area contributed by atoms with Gasteiger partial charge in [0.1, 0.15) is 11.9 Å². The summed E-state index contributed by atoms with van der Waals surface area (Å²) in [6, 6.07) is 7.65. The molecular formula is C14H22N2O3. The summed E-state index contributed by atoms with van der Waals surface area (Å²) in [7, 11) is 3.12. The molecule has 0 radical (unpaired) electrons. The first-order chi connectivity index (χ1) is 9.15. The summed E-state index contributed by atoms with van der Waals surface area (Å²) in [6.45, 7) is 3.28. The molecule has 0 aliphatic carbocycles. The highest BCUT2D eigenvalue weighted by Crippen LogP contribution is 2.13. The van der Waals surface area contributed by atoms with Crippen molar-refractivity contribution >= 4 is 5.91 Å². The molecule has 1 rings (SSSR count). The van der Waals surface area contributed by atoms with Crippen LogP contribution in [0.25, 0.3) is 0 Å². The number of hydrogen-bond donors (Lipinski definition) is 1. The summed E-state index contributed by atoms with van der Waals surface area (Å²) in [5.74, 6) is 0.721. The number of ether oxygens (including phenoxy) is 2. The maximum absolute atomic E-state index is 12.2. The van der Waals surface area contributed by atoms with E-state index >= 15 is 0 Å². The minimum absolute atomic E-state index is 0.0803. The Morgan fingerprint density at radius 1 is 1.32 bits per heavy atom. The lowest BCUT2D eigenvalue weighted by molar-refractivity contribution is -0.141. The molecule has 0 bridgehead atoms. The predicted molar refractivity (Wildman–Crippen MR) is 73.9 cm³/mol. The van der Waals surface area contributed by atoms with Gasteiger partial charge in [0.15, 0.2) is 0 Å². The quantitative estimate of drug-likeness (QED) is 0.800. The molecule has 0 saturated heterocycles. The van der Waals surface area contributed by atoms with E-state index in [-0.39, 0.29) is 12.5 Å². The van der Waals surface area contributed by atoms with Gasteiger partial charge in [0, 0.05) is 26.7 Å². The van der Waals surface area contributed by atoms with Crippen molar-refractivity contribution in [2.75, 3.05) is 27.3 Å². The number of nitrogens with zero attached hydrogens (tertiary/aromatic N) is 1. The molecule has 5 nitrogen and oxygen atoms in total. The van der Waals surface area contributed by atoms with Crippen LogP contribution in [0.4, 0.5) is 0 Å². The molecule has 0 aromatic heterocycles. The highest BCUT2D eigenvalue weighted by molar-refractivity contribution is 5.81. The number of likely N-dealkylation sites (N-methyl/N-ethyl adjacent to an activating group) is 1. The highest BCUT2D eigenvalue weighted by atomic mass is 16.5. The van der Waals surface area contributed by atoms with Crippen molar-refractivity contribution in [3.63, 3.8) is 0 Å². The van der Waals surface area contributed by atoms with Crippen LogP contribution >= 0.6 is 0 Å². The Balaban J connectivity index is 2.72. The van der Waals surface area contributed by atoms with Gasteiger partial charge in [-0.25, -0.2) is 0 Å². The minimum atomic E-state index is -0.571. The number of benzene rings is 1. The smallest absolute Gasteiger partial charge is 0.253 e. The zero-order chi connectivity index (χ0) is 14.3. The van der Waals surface area contributed by atoms with Gasteiger partial charge in [-0.05, 0) is 24.6 Å². The van der Waals surface area contributed by atoms with Gasteiger partial charge in [-0.3, -0.25) is 4.79 Å². The molecule has 0 fully saturated rings. The first-order valence-corrected chi connectivity index (χ1v) is 6.30. The van der Waals surface area contributed by atoms with Gasteiger partial charge in [-0.15, -0.1) is 0 Å². The standard InChI is InChI=1S/C14H22N2O3/c1-4-16(14(17)13(9-15)19-3)10-11-5-7-12(18-2)8-6-11/h5-8,13H,4,9-10,15H2,1-3H3. The van der Waals surface area contributed by atoms with Crippen LogP contribution in [0, 0.1) is 0 Å². The molecule has 0 heterocycles. The second-order valence-corrected chi connectivity index (χ2v) is 4.16. The van der Waals surface area contributed by atoms with E-state index < -0.39 is 6.10 Å². The van der Waals surface area contributed by atoms with E-state index in [1.807, 2.05) is 31.2 Å². The normalized spacial score (nSPS) is 12.0. The molecule has 1 aromatic carbocycles. The van der Waals surface area contributed by atoms with E-state index in [1.165, 1.54) is 7.11 Å². The van der Waals surface area contributed by atoms with Gasteiger partial charge in [0.05, 0.1) is 7.11 Å². The molecule has 1 atom stereocenters. The van der Waals surface area contributed by atoms with Crippen molar-refractivity contribution in [1.82, 2.24) is 4.90 Å². The highest BCUT2D eigenvalue weighted by Gasteiger charge is 2.21. The van der Waals surface area contributed by atoms with Crippen LogP contribution in [0.2, 0.25) is 0 Å². The van der Waals surface area contributed by atoms with Crippen LogP contribution in [-0.2, 0) is 16.1 Å². The number of nitrogens with two attached hydrogens (primary N) is 1. The summed E-state index contributed by atoms with van der Waals surface area (Å²) in [5.41, 5.74) is 6.56. The topological polar surface area (TPSA) is 64.8 Å². The lowest BCUT2D eigenvalue weighted by Gasteiger charge is -2.25. The zero-order valence-corrected chi connectivity index (χ0v) is 11.8. The second kappa shape index (κ2) is 7.76. The Kier molecular flexibility index (Phi) is 6.32. The second-order valence-electron chi connectivity index (χ2n) is 4.16. The summed E-state index contributed by atoms with van der Waals surface area (Å²) in [5, 5.41) is 0. The van der Waals surface area contributed by atoms with Gasteiger partial charge in [0.2, 0.25) is 0 Å². The third kappa shape index (κ3) is 4.22. The molecule has 106 valence electrons. The van der Waals surface area contributed by atoms with E-state index in [0.29, 0.717) is 13.1 Å². The molecule has 0 saturated carbocycles. The monoisotopic (exact) mass is 266 g/mol. The number of methoxy groups -OCH3 is 2. The fourth-order valence-electron chi connectivity index (χ4n) is 1.80. The third-order valence-electron chi connectivity index (χ3n) is 3.00. The predicted octanol–water partition coefficient (Wildman–Crippen LogP) is 1.02. The maximum Gasteiger partial charge on any atom is 0.253 e. The molecule has 0 spiro atoms. The van der Waals surface area contributed by atoms with Crippen LogP contribution in [0.5, 0.6) is 5.75 Å². The van der Waals surface area contributed by atoms with Gasteiger partial charge >= 0.3 is 0 Å². The summed E-state index contributed by atoms with van der Waals surface area (Å²) >= 11 is 0. The fraction of sp³-hybridized carbons (Fsp3) is 0.500. The first-order valence-electron chi connectivity index (χ1n) is 6.30. The van der Waals surface area contributed by atoms with Gasteiger partial charge in [-0.1, -0.05) is 12.1 Å². The lowest BCUT2D eigenvalue weighted by atomic mass is 10.2. The first kappa shape index (κ1) is 15.5. The summed E-state index contributed by atoms with van der Waals surface area (Å²) < 4.78 is 10.2. The molecule has 19 heavy (non-hydrogen) atoms. The Morgan fingerprint density at radius 3 is 2.37 bits per heavy atom. The third-order valence-corrected chi connectivity index (χ3v) is 3.00. The summed E-state index contributed by atoms with van der Waals surface area (Å²) in [4.78, 5) is 13.9. The average Bonchev–Trinajstić information content (AvgIpc) is 2.46. The molecule has 2 N–H and O–H groups in total. The Labute approximate surface area is 114 Å². The van der Waals surface area contributed by atoms with E-state index in [9.17, 15) is 4.79 Å². The van der Waals surface area contributed by atoms with Crippen LogP contribution in [0.3, 0.4) is 0 Å². The maximum atomic E-state index is 12.2.